The first kappa shape index (κ1) is 8.33. The first-order valence-electron chi connectivity index (χ1n) is 2.26. The maximum atomic E-state index is 8.71. The van der Waals surface area contributed by atoms with E-state index in [2.05, 4.69) is 4.74 Å². The van der Waals surface area contributed by atoms with Crippen LogP contribution in [0.1, 0.15) is 0 Å². The number of nitrogens with two attached hydrogens (primary N) is 1. The van der Waals surface area contributed by atoms with Crippen LogP contribution in [-0.4, -0.2) is 11.4 Å². The van der Waals surface area contributed by atoms with Crippen molar-refractivity contribution in [1.82, 2.24) is 0 Å². The molecule has 9 heavy (non-hydrogen) atoms. The van der Waals surface area contributed by atoms with Crippen LogP contribution >= 0.6 is 12.4 Å². The van der Waals surface area contributed by atoms with Crippen molar-refractivity contribution in [3.8, 4) is 0 Å². The van der Waals surface area contributed by atoms with Crippen molar-refractivity contribution in [3.05, 3.63) is 24.1 Å². The van der Waals surface area contributed by atoms with Gasteiger partial charge in [0.1, 0.15) is 0 Å². The summed E-state index contributed by atoms with van der Waals surface area (Å²) in [5, 5.41) is 8.71. The molecule has 0 aromatic rings. The van der Waals surface area contributed by atoms with Crippen molar-refractivity contribution in [2.75, 3.05) is 0 Å². The number of hydrogen-bond acceptors (Lipinski definition) is 3. The van der Waals surface area contributed by atoms with Crippen molar-refractivity contribution in [2.24, 2.45) is 5.73 Å². The summed E-state index contributed by atoms with van der Waals surface area (Å²) < 4.78 is 4.57. The molecule has 1 unspecified atom stereocenters. The van der Waals surface area contributed by atoms with Crippen LogP contribution in [0.3, 0.4) is 0 Å². The van der Waals surface area contributed by atoms with E-state index in [1.54, 1.807) is 12.2 Å². The Kier molecular flexibility index (Phi) is 3.12. The van der Waals surface area contributed by atoms with Crippen molar-refractivity contribution in [2.45, 2.75) is 6.29 Å². The van der Waals surface area contributed by atoms with Gasteiger partial charge in [-0.1, -0.05) is 0 Å². The summed E-state index contributed by atoms with van der Waals surface area (Å²) in [5.74, 6) is 0. The molecule has 1 rings (SSSR count). The monoisotopic (exact) mass is 149 g/mol. The average Bonchev–Trinajstić information content (AvgIpc) is 1.77. The van der Waals surface area contributed by atoms with E-state index in [4.69, 9.17) is 10.8 Å². The third kappa shape index (κ3) is 1.95. The third-order valence-corrected chi connectivity index (χ3v) is 0.860. The quantitative estimate of drug-likeness (QED) is 0.514. The van der Waals surface area contributed by atoms with Gasteiger partial charge < -0.3 is 15.6 Å². The topological polar surface area (TPSA) is 55.5 Å². The van der Waals surface area contributed by atoms with Crippen LogP contribution in [0.15, 0.2) is 24.1 Å². The van der Waals surface area contributed by atoms with Gasteiger partial charge in [-0.25, -0.2) is 0 Å². The molecule has 0 radical (unpaired) electrons. The summed E-state index contributed by atoms with van der Waals surface area (Å²) in [6.45, 7) is 0. The number of allylic oxidation sites excluding steroid dienone is 2. The summed E-state index contributed by atoms with van der Waals surface area (Å²) in [7, 11) is 0. The van der Waals surface area contributed by atoms with Gasteiger partial charge in [-0.3, -0.25) is 0 Å². The second-order valence-corrected chi connectivity index (χ2v) is 1.48. The summed E-state index contributed by atoms with van der Waals surface area (Å²) in [6, 6.07) is 0. The lowest BCUT2D eigenvalue weighted by Crippen LogP contribution is -2.20. The van der Waals surface area contributed by atoms with Crippen LogP contribution in [0.2, 0.25) is 0 Å². The lowest BCUT2D eigenvalue weighted by Gasteiger charge is -2.11. The molecule has 0 amide bonds. The van der Waals surface area contributed by atoms with E-state index in [1.807, 2.05) is 0 Å². The van der Waals surface area contributed by atoms with Crippen molar-refractivity contribution < 1.29 is 9.84 Å². The summed E-state index contributed by atoms with van der Waals surface area (Å²) in [5.41, 5.74) is 5.55. The normalized spacial score (nSPS) is 23.7. The molecule has 3 N–H and O–H groups in total. The minimum atomic E-state index is -0.944. The standard InChI is InChI=1S/C5H7NO2.ClH/c6-4-2-1-3-8-5(4)7;/h1-3,5,7H,6H2;1H. The van der Waals surface area contributed by atoms with Crippen molar-refractivity contribution >= 4 is 12.4 Å². The Labute approximate surface area is 59.2 Å². The van der Waals surface area contributed by atoms with E-state index in [-0.39, 0.29) is 12.4 Å². The van der Waals surface area contributed by atoms with E-state index < -0.39 is 6.29 Å². The maximum Gasteiger partial charge on any atom is 0.237 e. The second-order valence-electron chi connectivity index (χ2n) is 1.48. The Morgan fingerprint density at radius 1 is 1.67 bits per heavy atom. The third-order valence-electron chi connectivity index (χ3n) is 0.860. The molecule has 0 aliphatic carbocycles. The summed E-state index contributed by atoms with van der Waals surface area (Å²) in [4.78, 5) is 0. The van der Waals surface area contributed by atoms with Crippen LogP contribution in [0.4, 0.5) is 0 Å². The van der Waals surface area contributed by atoms with Crippen molar-refractivity contribution in [1.29, 1.82) is 0 Å². The molecule has 1 heterocycles. The fourth-order valence-electron chi connectivity index (χ4n) is 0.431. The van der Waals surface area contributed by atoms with Crippen LogP contribution < -0.4 is 5.73 Å². The molecule has 1 aliphatic heterocycles. The number of rotatable bonds is 0. The Morgan fingerprint density at radius 2 is 2.33 bits per heavy atom. The van der Waals surface area contributed by atoms with Crippen LogP contribution in [0.25, 0.3) is 0 Å². The highest BCUT2D eigenvalue weighted by molar-refractivity contribution is 5.85. The Hall–Kier alpha value is -0.670. The molecule has 3 nitrogen and oxygen atoms in total. The summed E-state index contributed by atoms with van der Waals surface area (Å²) in [6.07, 6.45) is 3.66. The van der Waals surface area contributed by atoms with Crippen LogP contribution in [0.5, 0.6) is 0 Å². The summed E-state index contributed by atoms with van der Waals surface area (Å²) >= 11 is 0. The van der Waals surface area contributed by atoms with Gasteiger partial charge in [0.05, 0.1) is 12.0 Å². The zero-order valence-electron chi connectivity index (χ0n) is 4.65. The molecule has 0 fully saturated rings. The van der Waals surface area contributed by atoms with E-state index in [0.29, 0.717) is 5.70 Å². The van der Waals surface area contributed by atoms with E-state index >= 15 is 0 Å². The fourth-order valence-corrected chi connectivity index (χ4v) is 0.431. The number of aliphatic hydroxyl groups is 1. The number of ether oxygens (including phenoxy) is 1. The Balaban J connectivity index is 0.000000640. The van der Waals surface area contributed by atoms with E-state index in [9.17, 15) is 0 Å². The van der Waals surface area contributed by atoms with Gasteiger partial charge in [0, 0.05) is 0 Å². The van der Waals surface area contributed by atoms with Gasteiger partial charge in [0.15, 0.2) is 0 Å². The van der Waals surface area contributed by atoms with E-state index in [0.717, 1.165) is 0 Å². The lowest BCUT2D eigenvalue weighted by atomic mass is 10.3. The van der Waals surface area contributed by atoms with Gasteiger partial charge in [0.25, 0.3) is 0 Å². The van der Waals surface area contributed by atoms with Gasteiger partial charge in [0.2, 0.25) is 6.29 Å². The molecule has 0 saturated heterocycles. The first-order valence-corrected chi connectivity index (χ1v) is 2.26. The highest BCUT2D eigenvalue weighted by Crippen LogP contribution is 2.02. The van der Waals surface area contributed by atoms with E-state index in [1.165, 1.54) is 6.26 Å². The number of hydrogen-bond donors (Lipinski definition) is 2. The Bertz CT molecular complexity index is 144. The van der Waals surface area contributed by atoms with Gasteiger partial charge in [-0.05, 0) is 12.2 Å². The minimum Gasteiger partial charge on any atom is -0.467 e. The maximum absolute atomic E-state index is 8.71. The highest BCUT2D eigenvalue weighted by atomic mass is 35.5. The van der Waals surface area contributed by atoms with Crippen LogP contribution in [-0.2, 0) is 4.74 Å². The molecule has 1 atom stereocenters. The second kappa shape index (κ2) is 3.37. The molecule has 0 aromatic carbocycles. The Morgan fingerprint density at radius 3 is 2.67 bits per heavy atom. The number of halogens is 1. The predicted octanol–water partition coefficient (Wildman–Crippen LogP) is 0.113. The van der Waals surface area contributed by atoms with Gasteiger partial charge >= 0.3 is 0 Å². The van der Waals surface area contributed by atoms with Gasteiger partial charge in [-0.2, -0.15) is 0 Å². The molecule has 1 aliphatic rings. The number of aliphatic hydroxyl groups excluding tert-OH is 1. The molecular weight excluding hydrogens is 142 g/mol. The van der Waals surface area contributed by atoms with Crippen molar-refractivity contribution in [3.63, 3.8) is 0 Å². The molecule has 0 saturated carbocycles. The largest absolute Gasteiger partial charge is 0.467 e. The predicted molar refractivity (Wildman–Crippen MR) is 35.8 cm³/mol. The fraction of sp³-hybridized carbons (Fsp3) is 0.200. The zero-order chi connectivity index (χ0) is 5.98. The minimum absolute atomic E-state index is 0. The lowest BCUT2D eigenvalue weighted by molar-refractivity contribution is -0.0240. The molecule has 4 heteroatoms. The van der Waals surface area contributed by atoms with Gasteiger partial charge in [-0.15, -0.1) is 12.4 Å². The first-order chi connectivity index (χ1) is 3.80. The molecule has 0 aromatic heterocycles. The van der Waals surface area contributed by atoms with Crippen LogP contribution in [0, 0.1) is 0 Å². The molecule has 0 spiro atoms. The molecule has 0 bridgehead atoms. The average molecular weight is 150 g/mol. The smallest absolute Gasteiger partial charge is 0.237 e. The zero-order valence-corrected chi connectivity index (χ0v) is 5.47. The molecule has 52 valence electrons. The molecular formula is C5H8ClNO2. The SMILES string of the molecule is Cl.NC1=CC=COC1O. The highest BCUT2D eigenvalue weighted by Gasteiger charge is 2.06.